The SMILES string of the molecule is O=C(O)CNC(=O)C(=Cc1ccc(F)cc1)NC(=O)c1ccccc1. The van der Waals surface area contributed by atoms with Gasteiger partial charge in [-0.25, -0.2) is 4.39 Å². The van der Waals surface area contributed by atoms with Gasteiger partial charge in [-0.2, -0.15) is 0 Å². The number of nitrogens with one attached hydrogen (secondary N) is 2. The smallest absolute Gasteiger partial charge is 0.322 e. The third-order valence-corrected chi connectivity index (χ3v) is 3.11. The van der Waals surface area contributed by atoms with Crippen LogP contribution in [0.2, 0.25) is 0 Å². The van der Waals surface area contributed by atoms with Crippen molar-refractivity contribution in [1.82, 2.24) is 10.6 Å². The van der Waals surface area contributed by atoms with E-state index in [4.69, 9.17) is 5.11 Å². The van der Waals surface area contributed by atoms with Gasteiger partial charge in [-0.05, 0) is 35.9 Å². The normalized spacial score (nSPS) is 10.8. The van der Waals surface area contributed by atoms with Gasteiger partial charge >= 0.3 is 5.97 Å². The second kappa shape index (κ2) is 8.39. The maximum absolute atomic E-state index is 13.0. The van der Waals surface area contributed by atoms with Crippen molar-refractivity contribution in [3.63, 3.8) is 0 Å². The number of carboxylic acid groups (broad SMARTS) is 1. The number of carbonyl (C=O) groups is 3. The van der Waals surface area contributed by atoms with Crippen LogP contribution in [0.4, 0.5) is 4.39 Å². The van der Waals surface area contributed by atoms with E-state index in [0.717, 1.165) is 0 Å². The van der Waals surface area contributed by atoms with E-state index in [9.17, 15) is 18.8 Å². The molecular formula is C18H15FN2O4. The van der Waals surface area contributed by atoms with Crippen molar-refractivity contribution >= 4 is 23.9 Å². The largest absolute Gasteiger partial charge is 0.480 e. The van der Waals surface area contributed by atoms with Gasteiger partial charge in [0.15, 0.2) is 0 Å². The molecule has 0 bridgehead atoms. The van der Waals surface area contributed by atoms with Crippen LogP contribution < -0.4 is 10.6 Å². The minimum Gasteiger partial charge on any atom is -0.480 e. The van der Waals surface area contributed by atoms with E-state index in [1.54, 1.807) is 30.3 Å². The molecule has 2 amide bonds. The van der Waals surface area contributed by atoms with Gasteiger partial charge in [0.2, 0.25) is 0 Å². The summed E-state index contributed by atoms with van der Waals surface area (Å²) in [7, 11) is 0. The molecule has 3 N–H and O–H groups in total. The molecule has 0 aliphatic carbocycles. The average Bonchev–Trinajstić information content (AvgIpc) is 2.61. The van der Waals surface area contributed by atoms with Gasteiger partial charge in [0.05, 0.1) is 0 Å². The number of benzene rings is 2. The third kappa shape index (κ3) is 5.58. The molecule has 0 radical (unpaired) electrons. The molecule has 7 heteroatoms. The Kier molecular flexibility index (Phi) is 6.00. The van der Waals surface area contributed by atoms with Gasteiger partial charge in [-0.1, -0.05) is 30.3 Å². The van der Waals surface area contributed by atoms with E-state index in [2.05, 4.69) is 10.6 Å². The quantitative estimate of drug-likeness (QED) is 0.698. The Labute approximate surface area is 143 Å². The van der Waals surface area contributed by atoms with Crippen molar-refractivity contribution < 1.29 is 23.9 Å². The van der Waals surface area contributed by atoms with Gasteiger partial charge in [0, 0.05) is 5.56 Å². The lowest BCUT2D eigenvalue weighted by Gasteiger charge is -2.10. The highest BCUT2D eigenvalue weighted by Crippen LogP contribution is 2.08. The van der Waals surface area contributed by atoms with Crippen molar-refractivity contribution in [1.29, 1.82) is 0 Å². The minimum atomic E-state index is -1.22. The predicted octanol–water partition coefficient (Wildman–Crippen LogP) is 1.80. The first-order valence-corrected chi connectivity index (χ1v) is 7.29. The van der Waals surface area contributed by atoms with Crippen molar-refractivity contribution in [3.8, 4) is 0 Å². The van der Waals surface area contributed by atoms with Crippen LogP contribution in [-0.2, 0) is 9.59 Å². The fraction of sp³-hybridized carbons (Fsp3) is 0.0556. The summed E-state index contributed by atoms with van der Waals surface area (Å²) in [5.41, 5.74) is 0.649. The van der Waals surface area contributed by atoms with Crippen LogP contribution in [0.3, 0.4) is 0 Å². The van der Waals surface area contributed by atoms with Crippen molar-refractivity contribution in [2.45, 2.75) is 0 Å². The summed E-state index contributed by atoms with van der Waals surface area (Å²) in [5.74, 6) is -2.96. The van der Waals surface area contributed by atoms with Crippen LogP contribution in [-0.4, -0.2) is 29.4 Å². The predicted molar refractivity (Wildman–Crippen MR) is 88.9 cm³/mol. The van der Waals surface area contributed by atoms with Crippen LogP contribution in [0, 0.1) is 5.82 Å². The number of halogens is 1. The fourth-order valence-electron chi connectivity index (χ4n) is 1.92. The lowest BCUT2D eigenvalue weighted by Crippen LogP contribution is -2.37. The highest BCUT2D eigenvalue weighted by Gasteiger charge is 2.15. The van der Waals surface area contributed by atoms with E-state index >= 15 is 0 Å². The zero-order valence-electron chi connectivity index (χ0n) is 13.0. The highest BCUT2D eigenvalue weighted by molar-refractivity contribution is 6.05. The molecular weight excluding hydrogens is 327 g/mol. The van der Waals surface area contributed by atoms with Gasteiger partial charge < -0.3 is 15.7 Å². The van der Waals surface area contributed by atoms with Gasteiger partial charge in [0.1, 0.15) is 18.1 Å². The Hall–Kier alpha value is -3.48. The number of hydrogen-bond donors (Lipinski definition) is 3. The summed E-state index contributed by atoms with van der Waals surface area (Å²) >= 11 is 0. The minimum absolute atomic E-state index is 0.151. The second-order valence-corrected chi connectivity index (χ2v) is 5.01. The molecule has 6 nitrogen and oxygen atoms in total. The van der Waals surface area contributed by atoms with Crippen molar-refractivity contribution in [3.05, 3.63) is 77.2 Å². The van der Waals surface area contributed by atoms with Crippen LogP contribution in [0.15, 0.2) is 60.3 Å². The molecule has 0 saturated heterocycles. The average molecular weight is 342 g/mol. The Balaban J connectivity index is 2.24. The molecule has 0 atom stereocenters. The third-order valence-electron chi connectivity index (χ3n) is 3.11. The zero-order chi connectivity index (χ0) is 18.2. The van der Waals surface area contributed by atoms with Crippen LogP contribution >= 0.6 is 0 Å². The standard InChI is InChI=1S/C18H15FN2O4/c19-14-8-6-12(7-9-14)10-15(18(25)20-11-16(22)23)21-17(24)13-4-2-1-3-5-13/h1-10H,11H2,(H,20,25)(H,21,24)(H,22,23). The lowest BCUT2D eigenvalue weighted by atomic mass is 10.1. The maximum Gasteiger partial charge on any atom is 0.322 e. The Bertz CT molecular complexity index is 802. The summed E-state index contributed by atoms with van der Waals surface area (Å²) < 4.78 is 13.0. The second-order valence-electron chi connectivity index (χ2n) is 5.01. The lowest BCUT2D eigenvalue weighted by molar-refractivity contribution is -0.137. The van der Waals surface area contributed by atoms with Crippen molar-refractivity contribution in [2.24, 2.45) is 0 Å². The van der Waals surface area contributed by atoms with Crippen LogP contribution in [0.5, 0.6) is 0 Å². The number of rotatable bonds is 6. The molecule has 2 rings (SSSR count). The van der Waals surface area contributed by atoms with E-state index in [-0.39, 0.29) is 5.70 Å². The number of hydrogen-bond acceptors (Lipinski definition) is 3. The number of aliphatic carboxylic acids is 1. The summed E-state index contributed by atoms with van der Waals surface area (Å²) in [6, 6.07) is 13.5. The maximum atomic E-state index is 13.0. The van der Waals surface area contributed by atoms with Crippen LogP contribution in [0.25, 0.3) is 6.08 Å². The van der Waals surface area contributed by atoms with E-state index in [1.165, 1.54) is 30.3 Å². The van der Waals surface area contributed by atoms with E-state index < -0.39 is 30.1 Å². The van der Waals surface area contributed by atoms with Gasteiger partial charge in [0.25, 0.3) is 11.8 Å². The van der Waals surface area contributed by atoms with E-state index in [0.29, 0.717) is 11.1 Å². The number of amides is 2. The first-order valence-electron chi connectivity index (χ1n) is 7.29. The molecule has 0 unspecified atom stereocenters. The number of carbonyl (C=O) groups excluding carboxylic acids is 2. The van der Waals surface area contributed by atoms with Crippen LogP contribution in [0.1, 0.15) is 15.9 Å². The Morgan fingerprint density at radius 2 is 1.64 bits per heavy atom. The molecule has 0 aromatic heterocycles. The molecule has 0 heterocycles. The van der Waals surface area contributed by atoms with Gasteiger partial charge in [-0.15, -0.1) is 0 Å². The molecule has 0 fully saturated rings. The molecule has 0 aliphatic heterocycles. The van der Waals surface area contributed by atoms with E-state index in [1.807, 2.05) is 0 Å². The molecule has 128 valence electrons. The summed E-state index contributed by atoms with van der Waals surface area (Å²) in [6.07, 6.45) is 1.33. The highest BCUT2D eigenvalue weighted by atomic mass is 19.1. The van der Waals surface area contributed by atoms with Gasteiger partial charge in [-0.3, -0.25) is 14.4 Å². The summed E-state index contributed by atoms with van der Waals surface area (Å²) in [4.78, 5) is 35.0. The molecule has 2 aromatic carbocycles. The number of carboxylic acids is 1. The molecule has 0 spiro atoms. The first-order chi connectivity index (χ1) is 12.0. The fourth-order valence-corrected chi connectivity index (χ4v) is 1.92. The first kappa shape index (κ1) is 17.9. The Morgan fingerprint density at radius 3 is 2.24 bits per heavy atom. The molecule has 0 saturated carbocycles. The molecule has 25 heavy (non-hydrogen) atoms. The summed E-state index contributed by atoms with van der Waals surface area (Å²) in [5, 5.41) is 13.3. The molecule has 2 aromatic rings. The molecule has 0 aliphatic rings. The van der Waals surface area contributed by atoms with Crippen molar-refractivity contribution in [2.75, 3.05) is 6.54 Å². The Morgan fingerprint density at radius 1 is 1.00 bits per heavy atom. The monoisotopic (exact) mass is 342 g/mol. The zero-order valence-corrected chi connectivity index (χ0v) is 13.0. The summed E-state index contributed by atoms with van der Waals surface area (Å²) in [6.45, 7) is -0.596. The topological polar surface area (TPSA) is 95.5 Å².